The highest BCUT2D eigenvalue weighted by Crippen LogP contribution is 2.44. The van der Waals surface area contributed by atoms with Gasteiger partial charge in [-0.15, -0.1) is 0 Å². The standard InChI is InChI=1S/C15H20O4.C12H27N/c1-10(7-13(17)18)5-6-15(19)11(2)8-12(16)9-14(15,3)4;1-4-7-10-13(11-8-5-2)12-9-6-3/h5-8,19H,9H2,1-4H3,(H,17,18);4-12H2,1-3H3/b6-5+,10-7-;/t15-;/m1./s1. The average molecular weight is 450 g/mol. The number of carboxylic acid groups (broad SMARTS) is 1. The molecule has 0 unspecified atom stereocenters. The summed E-state index contributed by atoms with van der Waals surface area (Å²) < 4.78 is 0. The number of unbranched alkanes of at least 4 members (excludes halogenated alkanes) is 3. The van der Waals surface area contributed by atoms with E-state index in [1.165, 1.54) is 64.2 Å². The first-order chi connectivity index (χ1) is 14.9. The number of ketones is 1. The van der Waals surface area contributed by atoms with Crippen molar-refractivity contribution in [3.8, 4) is 0 Å². The molecule has 1 rings (SSSR count). The van der Waals surface area contributed by atoms with E-state index in [9.17, 15) is 14.7 Å². The van der Waals surface area contributed by atoms with Gasteiger partial charge >= 0.3 is 5.97 Å². The van der Waals surface area contributed by atoms with Gasteiger partial charge in [0, 0.05) is 17.9 Å². The van der Waals surface area contributed by atoms with Crippen molar-refractivity contribution in [2.45, 2.75) is 99.0 Å². The van der Waals surface area contributed by atoms with Gasteiger partial charge in [0.05, 0.1) is 0 Å². The third kappa shape index (κ3) is 10.7. The second-order valence-electron chi connectivity index (χ2n) is 9.58. The number of aliphatic carboxylic acids is 1. The summed E-state index contributed by atoms with van der Waals surface area (Å²) in [4.78, 5) is 24.7. The largest absolute Gasteiger partial charge is 0.478 e. The predicted octanol–water partition coefficient (Wildman–Crippen LogP) is 5.94. The molecule has 0 saturated heterocycles. The normalized spacial score (nSPS) is 20.8. The molecule has 2 N–H and O–H groups in total. The van der Waals surface area contributed by atoms with Crippen LogP contribution in [0.5, 0.6) is 0 Å². The van der Waals surface area contributed by atoms with Crippen LogP contribution in [0.25, 0.3) is 0 Å². The fourth-order valence-corrected chi connectivity index (χ4v) is 3.84. The molecule has 0 heterocycles. The Morgan fingerprint density at radius 3 is 1.91 bits per heavy atom. The predicted molar refractivity (Wildman–Crippen MR) is 134 cm³/mol. The van der Waals surface area contributed by atoms with Crippen LogP contribution in [0.4, 0.5) is 0 Å². The van der Waals surface area contributed by atoms with E-state index in [0.717, 1.165) is 6.08 Å². The molecule has 1 atom stereocenters. The number of hydrogen-bond acceptors (Lipinski definition) is 4. The van der Waals surface area contributed by atoms with Crippen LogP contribution < -0.4 is 0 Å². The molecular weight excluding hydrogens is 402 g/mol. The monoisotopic (exact) mass is 449 g/mol. The van der Waals surface area contributed by atoms with Crippen molar-refractivity contribution in [3.63, 3.8) is 0 Å². The van der Waals surface area contributed by atoms with E-state index >= 15 is 0 Å². The van der Waals surface area contributed by atoms with E-state index in [0.29, 0.717) is 11.1 Å². The van der Waals surface area contributed by atoms with Gasteiger partial charge in [-0.3, -0.25) is 4.79 Å². The Morgan fingerprint density at radius 1 is 1.06 bits per heavy atom. The Morgan fingerprint density at radius 2 is 1.53 bits per heavy atom. The molecule has 0 saturated carbocycles. The first kappa shape index (κ1) is 30.3. The zero-order valence-electron chi connectivity index (χ0n) is 21.5. The summed E-state index contributed by atoms with van der Waals surface area (Å²) in [7, 11) is 0. The van der Waals surface area contributed by atoms with Gasteiger partial charge in [0.2, 0.25) is 0 Å². The third-order valence-corrected chi connectivity index (χ3v) is 6.05. The maximum absolute atomic E-state index is 11.6. The summed E-state index contributed by atoms with van der Waals surface area (Å²) in [6.45, 7) is 17.8. The van der Waals surface area contributed by atoms with Gasteiger partial charge < -0.3 is 15.1 Å². The number of carbonyl (C=O) groups excluding carboxylic acids is 1. The number of rotatable bonds is 12. The molecule has 0 fully saturated rings. The van der Waals surface area contributed by atoms with Crippen LogP contribution in [0.3, 0.4) is 0 Å². The minimum Gasteiger partial charge on any atom is -0.478 e. The van der Waals surface area contributed by atoms with E-state index in [-0.39, 0.29) is 12.2 Å². The maximum Gasteiger partial charge on any atom is 0.328 e. The highest BCUT2D eigenvalue weighted by Gasteiger charge is 2.46. The Bertz CT molecular complexity index is 656. The quantitative estimate of drug-likeness (QED) is 0.285. The van der Waals surface area contributed by atoms with Crippen molar-refractivity contribution in [2.75, 3.05) is 19.6 Å². The molecular formula is C27H47NO4. The summed E-state index contributed by atoms with van der Waals surface area (Å²) in [5.41, 5.74) is -0.758. The minimum atomic E-state index is -1.24. The lowest BCUT2D eigenvalue weighted by atomic mass is 9.64. The lowest BCUT2D eigenvalue weighted by molar-refractivity contribution is -0.131. The molecule has 32 heavy (non-hydrogen) atoms. The van der Waals surface area contributed by atoms with Crippen molar-refractivity contribution in [2.24, 2.45) is 5.41 Å². The highest BCUT2D eigenvalue weighted by molar-refractivity contribution is 5.92. The summed E-state index contributed by atoms with van der Waals surface area (Å²) >= 11 is 0. The molecule has 5 heteroatoms. The third-order valence-electron chi connectivity index (χ3n) is 6.05. The van der Waals surface area contributed by atoms with Crippen molar-refractivity contribution < 1.29 is 19.8 Å². The van der Waals surface area contributed by atoms with E-state index < -0.39 is 17.0 Å². The first-order valence-electron chi connectivity index (χ1n) is 12.2. The van der Waals surface area contributed by atoms with Crippen LogP contribution in [0.2, 0.25) is 0 Å². The molecule has 184 valence electrons. The van der Waals surface area contributed by atoms with Gasteiger partial charge in [0.1, 0.15) is 5.60 Å². The Labute approximate surface area is 196 Å². The summed E-state index contributed by atoms with van der Waals surface area (Å²) in [5, 5.41) is 19.4. The van der Waals surface area contributed by atoms with E-state index in [1.54, 1.807) is 26.0 Å². The molecule has 1 aliphatic carbocycles. The van der Waals surface area contributed by atoms with Gasteiger partial charge in [-0.25, -0.2) is 4.79 Å². The molecule has 0 aromatic heterocycles. The smallest absolute Gasteiger partial charge is 0.328 e. The van der Waals surface area contributed by atoms with Crippen LogP contribution in [-0.4, -0.2) is 52.1 Å². The number of hydrogen-bond donors (Lipinski definition) is 2. The highest BCUT2D eigenvalue weighted by atomic mass is 16.4. The van der Waals surface area contributed by atoms with Gasteiger partial charge in [-0.05, 0) is 76.0 Å². The Hall–Kier alpha value is -1.72. The SMILES string of the molecule is CC1=CC(=O)CC(C)(C)[C@@]1(O)/C=C/C(C)=C\C(=O)O.CCCCN(CCCC)CCCC. The van der Waals surface area contributed by atoms with Gasteiger partial charge in [0.15, 0.2) is 5.78 Å². The maximum atomic E-state index is 11.6. The van der Waals surface area contributed by atoms with Crippen LogP contribution in [0.15, 0.2) is 35.5 Å². The number of carbonyl (C=O) groups is 2. The first-order valence-corrected chi connectivity index (χ1v) is 12.2. The molecule has 0 aromatic rings. The number of carboxylic acids is 1. The lowest BCUT2D eigenvalue weighted by Crippen LogP contribution is -2.48. The molecule has 0 spiro atoms. The van der Waals surface area contributed by atoms with Crippen molar-refractivity contribution in [3.05, 3.63) is 35.5 Å². The molecule has 0 amide bonds. The van der Waals surface area contributed by atoms with E-state index in [4.69, 9.17) is 5.11 Å². The molecule has 0 radical (unpaired) electrons. The van der Waals surface area contributed by atoms with Crippen molar-refractivity contribution >= 4 is 11.8 Å². The number of allylic oxidation sites excluding steroid dienone is 3. The molecule has 1 aliphatic rings. The van der Waals surface area contributed by atoms with E-state index in [1.807, 2.05) is 13.8 Å². The molecule has 0 aliphatic heterocycles. The van der Waals surface area contributed by atoms with Gasteiger partial charge in [-0.2, -0.15) is 0 Å². The van der Waals surface area contributed by atoms with E-state index in [2.05, 4.69) is 25.7 Å². The second kappa shape index (κ2) is 15.2. The van der Waals surface area contributed by atoms with Crippen LogP contribution in [-0.2, 0) is 9.59 Å². The van der Waals surface area contributed by atoms with Gasteiger partial charge in [-0.1, -0.05) is 60.0 Å². The fraction of sp³-hybridized carbons (Fsp3) is 0.704. The summed E-state index contributed by atoms with van der Waals surface area (Å²) in [5.74, 6) is -1.03. The molecule has 0 aromatic carbocycles. The molecule has 0 bridgehead atoms. The molecule has 5 nitrogen and oxygen atoms in total. The number of nitrogens with zero attached hydrogens (tertiary/aromatic N) is 1. The van der Waals surface area contributed by atoms with Crippen molar-refractivity contribution in [1.82, 2.24) is 4.90 Å². The second-order valence-corrected chi connectivity index (χ2v) is 9.58. The zero-order valence-corrected chi connectivity index (χ0v) is 21.5. The minimum absolute atomic E-state index is 0.00150. The summed E-state index contributed by atoms with van der Waals surface area (Å²) in [6, 6.07) is 0. The summed E-state index contributed by atoms with van der Waals surface area (Å²) in [6.07, 6.45) is 14.0. The lowest BCUT2D eigenvalue weighted by Gasteiger charge is -2.43. The van der Waals surface area contributed by atoms with Crippen LogP contribution >= 0.6 is 0 Å². The van der Waals surface area contributed by atoms with Crippen molar-refractivity contribution in [1.29, 1.82) is 0 Å². The zero-order chi connectivity index (χ0) is 24.8. The Balaban J connectivity index is 0.000000649. The average Bonchev–Trinajstić information content (AvgIpc) is 2.69. The van der Waals surface area contributed by atoms with Crippen LogP contribution in [0, 0.1) is 5.41 Å². The fourth-order valence-electron chi connectivity index (χ4n) is 3.84. The topological polar surface area (TPSA) is 77.8 Å². The van der Waals surface area contributed by atoms with Crippen LogP contribution in [0.1, 0.15) is 93.4 Å². The number of aliphatic hydroxyl groups is 1. The Kier molecular flexibility index (Phi) is 14.4. The van der Waals surface area contributed by atoms with Gasteiger partial charge in [0.25, 0.3) is 0 Å².